The number of ether oxygens (including phenoxy) is 1. The van der Waals surface area contributed by atoms with E-state index in [9.17, 15) is 4.79 Å². The highest BCUT2D eigenvalue weighted by molar-refractivity contribution is 7.13. The molecule has 0 radical (unpaired) electrons. The molecular weight excluding hydrogens is 308 g/mol. The molecule has 0 spiro atoms. The summed E-state index contributed by atoms with van der Waals surface area (Å²) in [6.45, 7) is 2.51. The maximum atomic E-state index is 12.6. The van der Waals surface area contributed by atoms with Gasteiger partial charge in [-0.15, -0.1) is 11.3 Å². The molecule has 2 aliphatic heterocycles. The maximum Gasteiger partial charge on any atom is 0.228 e. The molecule has 1 amide bonds. The van der Waals surface area contributed by atoms with Gasteiger partial charge in [-0.3, -0.25) is 4.79 Å². The third-order valence-corrected chi connectivity index (χ3v) is 5.93. The number of carbonyl (C=O) groups excluding carboxylic acids is 1. The van der Waals surface area contributed by atoms with Gasteiger partial charge < -0.3 is 10.1 Å². The summed E-state index contributed by atoms with van der Waals surface area (Å²) >= 11 is 1.61. The molecule has 4 rings (SSSR count). The number of rotatable bonds is 4. The summed E-state index contributed by atoms with van der Waals surface area (Å²) in [5.74, 6) is 0.0963. The fourth-order valence-corrected chi connectivity index (χ4v) is 4.47. The van der Waals surface area contributed by atoms with Gasteiger partial charge >= 0.3 is 0 Å². The van der Waals surface area contributed by atoms with Gasteiger partial charge in [0.2, 0.25) is 5.91 Å². The molecule has 1 N–H and O–H groups in total. The van der Waals surface area contributed by atoms with Gasteiger partial charge in [-0.25, -0.2) is 4.98 Å². The van der Waals surface area contributed by atoms with Crippen LogP contribution in [0.3, 0.4) is 0 Å². The van der Waals surface area contributed by atoms with Crippen LogP contribution in [0.15, 0.2) is 35.7 Å². The molecule has 3 heterocycles. The Balaban J connectivity index is 1.40. The number of nitrogens with one attached hydrogen (secondary N) is 1. The van der Waals surface area contributed by atoms with Crippen LogP contribution >= 0.6 is 11.3 Å². The number of fused-ring (bicyclic) bond motifs is 2. The second-order valence-electron chi connectivity index (χ2n) is 6.64. The van der Waals surface area contributed by atoms with Crippen molar-refractivity contribution < 1.29 is 9.53 Å². The van der Waals surface area contributed by atoms with Crippen molar-refractivity contribution in [1.82, 2.24) is 10.3 Å². The van der Waals surface area contributed by atoms with Crippen molar-refractivity contribution in [1.29, 1.82) is 0 Å². The average molecular weight is 328 g/mol. The van der Waals surface area contributed by atoms with Gasteiger partial charge in [0.05, 0.1) is 29.9 Å². The van der Waals surface area contributed by atoms with E-state index < -0.39 is 0 Å². The molecule has 1 aromatic carbocycles. The molecule has 0 saturated carbocycles. The van der Waals surface area contributed by atoms with E-state index >= 15 is 0 Å². The first-order valence-electron chi connectivity index (χ1n) is 8.09. The summed E-state index contributed by atoms with van der Waals surface area (Å²) in [6.07, 6.45) is 3.31. The van der Waals surface area contributed by atoms with E-state index in [-0.39, 0.29) is 23.5 Å². The van der Waals surface area contributed by atoms with E-state index in [1.165, 1.54) is 0 Å². The first-order chi connectivity index (χ1) is 11.1. The zero-order valence-corrected chi connectivity index (χ0v) is 13.9. The number of aromatic nitrogens is 1. The van der Waals surface area contributed by atoms with E-state index in [1.54, 1.807) is 11.3 Å². The summed E-state index contributed by atoms with van der Waals surface area (Å²) in [5.41, 5.74) is 1.65. The van der Waals surface area contributed by atoms with E-state index in [0.29, 0.717) is 6.54 Å². The standard InChI is InChI=1S/C18H20N2O2S/c1-18(9-14-7-8-15(18)22-14)17(21)19-10-13-11-23-16(20-13)12-5-3-2-4-6-12/h2-6,11,14-15H,7-10H2,1H3,(H,19,21)/t14-,15-,18-/m1/s1. The Morgan fingerprint density at radius 2 is 2.22 bits per heavy atom. The third-order valence-electron chi connectivity index (χ3n) is 4.99. The van der Waals surface area contributed by atoms with Crippen molar-refractivity contribution in [2.45, 2.75) is 44.9 Å². The SMILES string of the molecule is C[C@@]1(C(=O)NCc2csc(-c3ccccc3)n2)C[C@H]2CC[C@H]1O2. The molecule has 0 aliphatic carbocycles. The lowest BCUT2D eigenvalue weighted by Crippen LogP contribution is -2.44. The van der Waals surface area contributed by atoms with E-state index in [1.807, 2.05) is 30.5 Å². The minimum absolute atomic E-state index is 0.0859. The molecule has 4 nitrogen and oxygen atoms in total. The fraction of sp³-hybridized carbons (Fsp3) is 0.444. The van der Waals surface area contributed by atoms with Gasteiger partial charge in [0, 0.05) is 10.9 Å². The second kappa shape index (κ2) is 5.73. The van der Waals surface area contributed by atoms with Crippen LogP contribution in [0.5, 0.6) is 0 Å². The molecule has 2 aromatic rings. The predicted octanol–water partition coefficient (Wildman–Crippen LogP) is 3.38. The van der Waals surface area contributed by atoms with Crippen LogP contribution in [-0.2, 0) is 16.1 Å². The van der Waals surface area contributed by atoms with Gasteiger partial charge in [-0.1, -0.05) is 30.3 Å². The largest absolute Gasteiger partial charge is 0.374 e. The monoisotopic (exact) mass is 328 g/mol. The van der Waals surface area contributed by atoms with Crippen molar-refractivity contribution in [3.8, 4) is 10.6 Å². The molecule has 2 aliphatic rings. The van der Waals surface area contributed by atoms with Gasteiger partial charge in [0.1, 0.15) is 5.01 Å². The summed E-state index contributed by atoms with van der Waals surface area (Å²) in [6, 6.07) is 10.1. The van der Waals surface area contributed by atoms with Crippen LogP contribution in [0.25, 0.3) is 10.6 Å². The van der Waals surface area contributed by atoms with Crippen molar-refractivity contribution in [3.63, 3.8) is 0 Å². The number of thiazole rings is 1. The van der Waals surface area contributed by atoms with Crippen molar-refractivity contribution in [2.24, 2.45) is 5.41 Å². The molecule has 5 heteroatoms. The topological polar surface area (TPSA) is 51.2 Å². The number of hydrogen-bond acceptors (Lipinski definition) is 4. The van der Waals surface area contributed by atoms with Gasteiger partial charge in [0.15, 0.2) is 0 Å². The van der Waals surface area contributed by atoms with Crippen molar-refractivity contribution in [3.05, 3.63) is 41.4 Å². The molecule has 2 bridgehead atoms. The number of benzene rings is 1. The highest BCUT2D eigenvalue weighted by Crippen LogP contribution is 2.47. The minimum Gasteiger partial charge on any atom is -0.374 e. The number of nitrogens with zero attached hydrogens (tertiary/aromatic N) is 1. The van der Waals surface area contributed by atoms with Crippen LogP contribution in [0.4, 0.5) is 0 Å². The molecule has 120 valence electrons. The number of hydrogen-bond donors (Lipinski definition) is 1. The molecule has 0 unspecified atom stereocenters. The van der Waals surface area contributed by atoms with E-state index in [0.717, 1.165) is 35.5 Å². The lowest BCUT2D eigenvalue weighted by molar-refractivity contribution is -0.133. The molecule has 3 atom stereocenters. The molecule has 23 heavy (non-hydrogen) atoms. The average Bonchev–Trinajstić information content (AvgIpc) is 3.29. The van der Waals surface area contributed by atoms with Crippen molar-refractivity contribution in [2.75, 3.05) is 0 Å². The van der Waals surface area contributed by atoms with Crippen LogP contribution in [0, 0.1) is 5.41 Å². The summed E-state index contributed by atoms with van der Waals surface area (Å²) in [7, 11) is 0. The van der Waals surface area contributed by atoms with Gasteiger partial charge in [-0.05, 0) is 26.2 Å². The first kappa shape index (κ1) is 14.8. The number of amides is 1. The molecular formula is C18H20N2O2S. The van der Waals surface area contributed by atoms with E-state index in [2.05, 4.69) is 22.4 Å². The Bertz CT molecular complexity index is 715. The number of carbonyl (C=O) groups is 1. The summed E-state index contributed by atoms with van der Waals surface area (Å²) < 4.78 is 5.85. The minimum atomic E-state index is -0.374. The summed E-state index contributed by atoms with van der Waals surface area (Å²) in [5, 5.41) is 6.06. The van der Waals surface area contributed by atoms with E-state index in [4.69, 9.17) is 4.74 Å². The third kappa shape index (κ3) is 2.68. The van der Waals surface area contributed by atoms with Crippen LogP contribution in [0.1, 0.15) is 31.9 Å². The Morgan fingerprint density at radius 3 is 2.91 bits per heavy atom. The lowest BCUT2D eigenvalue weighted by Gasteiger charge is -2.29. The van der Waals surface area contributed by atoms with Crippen LogP contribution in [-0.4, -0.2) is 23.1 Å². The zero-order valence-electron chi connectivity index (χ0n) is 13.1. The Kier molecular flexibility index (Phi) is 3.70. The Morgan fingerprint density at radius 1 is 1.39 bits per heavy atom. The summed E-state index contributed by atoms with van der Waals surface area (Å²) in [4.78, 5) is 17.2. The molecule has 2 saturated heterocycles. The Hall–Kier alpha value is -1.72. The lowest BCUT2D eigenvalue weighted by atomic mass is 9.75. The maximum absolute atomic E-state index is 12.6. The molecule has 2 fully saturated rings. The van der Waals surface area contributed by atoms with Crippen LogP contribution < -0.4 is 5.32 Å². The second-order valence-corrected chi connectivity index (χ2v) is 7.50. The normalized spacial score (nSPS) is 28.9. The zero-order chi connectivity index (χ0) is 15.9. The fourth-order valence-electron chi connectivity index (χ4n) is 3.64. The highest BCUT2D eigenvalue weighted by atomic mass is 32.1. The quantitative estimate of drug-likeness (QED) is 0.936. The highest BCUT2D eigenvalue weighted by Gasteiger charge is 2.53. The van der Waals surface area contributed by atoms with Crippen LogP contribution in [0.2, 0.25) is 0 Å². The predicted molar refractivity (Wildman–Crippen MR) is 90.0 cm³/mol. The first-order valence-corrected chi connectivity index (χ1v) is 8.97. The Labute approximate surface area is 139 Å². The van der Waals surface area contributed by atoms with Gasteiger partial charge in [-0.2, -0.15) is 0 Å². The van der Waals surface area contributed by atoms with Crippen molar-refractivity contribution >= 4 is 17.2 Å². The smallest absolute Gasteiger partial charge is 0.228 e. The molecule has 1 aromatic heterocycles. The van der Waals surface area contributed by atoms with Gasteiger partial charge in [0.25, 0.3) is 0 Å².